The fourth-order valence-corrected chi connectivity index (χ4v) is 4.07. The maximum atomic E-state index is 13.1. The van der Waals surface area contributed by atoms with Gasteiger partial charge in [-0.1, -0.05) is 12.1 Å². The lowest BCUT2D eigenvalue weighted by atomic mass is 9.94. The molecule has 0 atom stereocenters. The number of carbonyl (C=O) groups excluding carboxylic acids is 1. The number of nitrogens with zero attached hydrogens (tertiary/aromatic N) is 2. The number of aromatic amines is 1. The van der Waals surface area contributed by atoms with Gasteiger partial charge in [-0.05, 0) is 80.9 Å². The van der Waals surface area contributed by atoms with Crippen molar-refractivity contribution in [2.24, 2.45) is 0 Å². The van der Waals surface area contributed by atoms with E-state index in [-0.39, 0.29) is 5.56 Å². The summed E-state index contributed by atoms with van der Waals surface area (Å²) in [5.74, 6) is -0.193. The van der Waals surface area contributed by atoms with Gasteiger partial charge in [-0.2, -0.15) is 18.3 Å². The molecule has 0 bridgehead atoms. The minimum Gasteiger partial charge on any atom is -0.384 e. The van der Waals surface area contributed by atoms with Crippen LogP contribution < -0.4 is 16.4 Å². The van der Waals surface area contributed by atoms with Crippen LogP contribution in [-0.4, -0.2) is 34.7 Å². The first-order valence-corrected chi connectivity index (χ1v) is 11.0. The maximum Gasteiger partial charge on any atom is 0.416 e. The normalized spacial score (nSPS) is 11.7. The van der Waals surface area contributed by atoms with Crippen molar-refractivity contribution < 1.29 is 18.0 Å². The van der Waals surface area contributed by atoms with Crippen LogP contribution in [0, 0.1) is 13.8 Å². The average Bonchev–Trinajstić information content (AvgIpc) is 3.20. The van der Waals surface area contributed by atoms with Gasteiger partial charge < -0.3 is 16.4 Å². The number of rotatable bonds is 6. The number of nitrogens with two attached hydrogens (primary N) is 1. The summed E-state index contributed by atoms with van der Waals surface area (Å²) in [7, 11) is 1.86. The molecule has 0 aliphatic rings. The fraction of sp³-hybridized carbons (Fsp3) is 0.240. The Balaban J connectivity index is 1.74. The van der Waals surface area contributed by atoms with Crippen LogP contribution in [0.5, 0.6) is 0 Å². The number of benzene rings is 2. The lowest BCUT2D eigenvalue weighted by molar-refractivity contribution is -0.137. The van der Waals surface area contributed by atoms with E-state index in [1.54, 1.807) is 12.1 Å². The summed E-state index contributed by atoms with van der Waals surface area (Å²) in [6, 6.07) is 9.63. The van der Waals surface area contributed by atoms with Crippen molar-refractivity contribution in [3.8, 4) is 11.3 Å². The molecule has 10 heteroatoms. The molecule has 1 amide bonds. The van der Waals surface area contributed by atoms with Crippen LogP contribution in [0.3, 0.4) is 0 Å². The Morgan fingerprint density at radius 1 is 1.14 bits per heavy atom. The highest BCUT2D eigenvalue weighted by Crippen LogP contribution is 2.35. The smallest absolute Gasteiger partial charge is 0.384 e. The van der Waals surface area contributed by atoms with E-state index >= 15 is 0 Å². The molecule has 2 aromatic heterocycles. The number of aromatic nitrogens is 3. The number of halogens is 3. The van der Waals surface area contributed by atoms with E-state index in [9.17, 15) is 18.0 Å². The summed E-state index contributed by atoms with van der Waals surface area (Å²) in [6.45, 7) is 4.61. The largest absolute Gasteiger partial charge is 0.416 e. The van der Waals surface area contributed by atoms with E-state index in [1.807, 2.05) is 27.0 Å². The maximum absolute atomic E-state index is 13.1. The summed E-state index contributed by atoms with van der Waals surface area (Å²) in [4.78, 5) is 17.5. The van der Waals surface area contributed by atoms with Crippen LogP contribution in [0.15, 0.2) is 42.5 Å². The number of H-pyrrole nitrogens is 1. The first-order valence-electron chi connectivity index (χ1n) is 11.0. The average molecular weight is 483 g/mol. The zero-order valence-corrected chi connectivity index (χ0v) is 19.5. The Morgan fingerprint density at radius 3 is 2.63 bits per heavy atom. The molecular weight excluding hydrogens is 457 g/mol. The Morgan fingerprint density at radius 2 is 1.91 bits per heavy atom. The molecular formula is C25H25F3N6O. The van der Waals surface area contributed by atoms with Gasteiger partial charge in [0.15, 0.2) is 5.65 Å². The van der Waals surface area contributed by atoms with Crippen LogP contribution in [0.4, 0.5) is 24.7 Å². The standard InChI is InChI=1S/C25H25F3N6O/c1-13-7-8-17(31-24(35)15-5-4-6-16(11-15)25(26,27)28)12-19(13)21-18(9-10-30-3)14(2)20-22(29)33-34-23(20)32-21/h4-8,11-12,30H,9-10H2,1-3H3,(H,31,35)(H3,29,32,33,34). The first-order chi connectivity index (χ1) is 16.6. The van der Waals surface area contributed by atoms with Crippen LogP contribution in [0.25, 0.3) is 22.3 Å². The van der Waals surface area contributed by atoms with Gasteiger partial charge in [-0.15, -0.1) is 0 Å². The third kappa shape index (κ3) is 4.83. The highest BCUT2D eigenvalue weighted by Gasteiger charge is 2.31. The van der Waals surface area contributed by atoms with Gasteiger partial charge in [0.1, 0.15) is 5.82 Å². The molecule has 2 aromatic carbocycles. The van der Waals surface area contributed by atoms with Crippen molar-refractivity contribution in [1.29, 1.82) is 0 Å². The lowest BCUT2D eigenvalue weighted by Gasteiger charge is -2.16. The molecule has 7 nitrogen and oxygen atoms in total. The second-order valence-corrected chi connectivity index (χ2v) is 8.32. The number of aryl methyl sites for hydroxylation is 2. The van der Waals surface area contributed by atoms with Crippen molar-refractivity contribution in [2.45, 2.75) is 26.4 Å². The predicted octanol–water partition coefficient (Wildman–Crippen LogP) is 4.86. The number of amides is 1. The molecule has 0 saturated heterocycles. The highest BCUT2D eigenvalue weighted by atomic mass is 19.4. The number of fused-ring (bicyclic) bond motifs is 1. The summed E-state index contributed by atoms with van der Waals surface area (Å²) >= 11 is 0. The number of anilines is 2. The zero-order valence-electron chi connectivity index (χ0n) is 19.5. The SMILES string of the molecule is CNCCc1c(-c2cc(NC(=O)c3cccc(C(F)(F)F)c3)ccc2C)nc2n[nH]c(N)c2c1C. The zero-order chi connectivity index (χ0) is 25.3. The Hall–Kier alpha value is -3.92. The molecule has 0 saturated carbocycles. The van der Waals surface area contributed by atoms with E-state index in [4.69, 9.17) is 10.7 Å². The van der Waals surface area contributed by atoms with E-state index in [0.29, 0.717) is 35.8 Å². The molecule has 0 radical (unpaired) electrons. The number of pyridine rings is 1. The number of hydrogen-bond donors (Lipinski definition) is 4. The fourth-order valence-electron chi connectivity index (χ4n) is 4.07. The number of hydrogen-bond acceptors (Lipinski definition) is 5. The van der Waals surface area contributed by atoms with Crippen molar-refractivity contribution in [3.63, 3.8) is 0 Å². The monoisotopic (exact) mass is 482 g/mol. The van der Waals surface area contributed by atoms with E-state index in [1.165, 1.54) is 12.1 Å². The molecule has 0 fully saturated rings. The molecule has 0 aliphatic heterocycles. The van der Waals surface area contributed by atoms with E-state index < -0.39 is 17.6 Å². The summed E-state index contributed by atoms with van der Waals surface area (Å²) in [5.41, 5.74) is 10.4. The quantitative estimate of drug-likeness (QED) is 0.314. The number of likely N-dealkylation sites (N-methyl/N-ethyl adjacent to an activating group) is 1. The summed E-state index contributed by atoms with van der Waals surface area (Å²) in [5, 5.41) is 13.6. The van der Waals surface area contributed by atoms with E-state index in [2.05, 4.69) is 20.8 Å². The second kappa shape index (κ2) is 9.38. The van der Waals surface area contributed by atoms with Gasteiger partial charge >= 0.3 is 6.18 Å². The summed E-state index contributed by atoms with van der Waals surface area (Å²) < 4.78 is 39.2. The van der Waals surface area contributed by atoms with Gasteiger partial charge in [0.05, 0.1) is 16.6 Å². The van der Waals surface area contributed by atoms with Gasteiger partial charge in [-0.25, -0.2) is 4.98 Å². The van der Waals surface area contributed by atoms with Crippen molar-refractivity contribution in [3.05, 3.63) is 70.3 Å². The van der Waals surface area contributed by atoms with Crippen LogP contribution in [0.2, 0.25) is 0 Å². The van der Waals surface area contributed by atoms with E-state index in [0.717, 1.165) is 39.8 Å². The highest BCUT2D eigenvalue weighted by molar-refractivity contribution is 6.04. The van der Waals surface area contributed by atoms with Gasteiger partial charge in [0.2, 0.25) is 0 Å². The molecule has 4 aromatic rings. The molecule has 5 N–H and O–H groups in total. The third-order valence-corrected chi connectivity index (χ3v) is 5.93. The lowest BCUT2D eigenvalue weighted by Crippen LogP contribution is -2.14. The number of nitrogens with one attached hydrogen (secondary N) is 3. The Kier molecular flexibility index (Phi) is 6.49. The molecule has 0 unspecified atom stereocenters. The number of carbonyl (C=O) groups is 1. The predicted molar refractivity (Wildman–Crippen MR) is 130 cm³/mol. The molecule has 35 heavy (non-hydrogen) atoms. The van der Waals surface area contributed by atoms with Crippen molar-refractivity contribution >= 4 is 28.4 Å². The molecule has 4 rings (SSSR count). The van der Waals surface area contributed by atoms with Gasteiger partial charge in [-0.3, -0.25) is 9.89 Å². The minimum absolute atomic E-state index is 0.0842. The number of alkyl halides is 3. The minimum atomic E-state index is -4.53. The van der Waals surface area contributed by atoms with Crippen molar-refractivity contribution in [1.82, 2.24) is 20.5 Å². The molecule has 0 spiro atoms. The molecule has 2 heterocycles. The van der Waals surface area contributed by atoms with Gasteiger partial charge in [0, 0.05) is 16.8 Å². The van der Waals surface area contributed by atoms with Crippen LogP contribution >= 0.6 is 0 Å². The second-order valence-electron chi connectivity index (χ2n) is 8.32. The number of nitrogen functional groups attached to an aromatic ring is 1. The third-order valence-electron chi connectivity index (χ3n) is 5.93. The van der Waals surface area contributed by atoms with Crippen LogP contribution in [0.1, 0.15) is 32.6 Å². The van der Waals surface area contributed by atoms with Crippen molar-refractivity contribution in [2.75, 3.05) is 24.6 Å². The Bertz CT molecular complexity index is 1410. The molecule has 0 aliphatic carbocycles. The topological polar surface area (TPSA) is 109 Å². The van der Waals surface area contributed by atoms with Gasteiger partial charge in [0.25, 0.3) is 5.91 Å². The first kappa shape index (κ1) is 24.2. The Labute approximate surface area is 199 Å². The summed E-state index contributed by atoms with van der Waals surface area (Å²) in [6.07, 6.45) is -3.85. The van der Waals surface area contributed by atoms with Crippen LogP contribution in [-0.2, 0) is 12.6 Å². The molecule has 182 valence electrons.